The number of hydrogen-bond donors (Lipinski definition) is 2. The molecule has 0 saturated heterocycles. The molecule has 0 aliphatic carbocycles. The summed E-state index contributed by atoms with van der Waals surface area (Å²) in [5.41, 5.74) is 0. The van der Waals surface area contributed by atoms with Gasteiger partial charge in [0.25, 0.3) is 0 Å². The Bertz CT molecular complexity index is 481. The summed E-state index contributed by atoms with van der Waals surface area (Å²) in [5.74, 6) is -0.336. The molecule has 16 heavy (non-hydrogen) atoms. The van der Waals surface area contributed by atoms with Crippen LogP contribution in [0.25, 0.3) is 0 Å². The molecule has 0 spiro atoms. The average Bonchev–Trinajstić information content (AvgIpc) is 2.86. The topological polar surface area (TPSA) is 101 Å². The van der Waals surface area contributed by atoms with Crippen LogP contribution in [-0.2, 0) is 0 Å². The van der Waals surface area contributed by atoms with Gasteiger partial charge in [-0.15, -0.1) is 11.3 Å². The number of nitro groups is 1. The second kappa shape index (κ2) is 4.29. The molecule has 0 saturated carbocycles. The van der Waals surface area contributed by atoms with Gasteiger partial charge in [0.05, 0.1) is 6.07 Å². The van der Waals surface area contributed by atoms with Crippen molar-refractivity contribution in [3.63, 3.8) is 0 Å². The third kappa shape index (κ3) is 2.18. The average molecular weight is 241 g/mol. The molecule has 0 amide bonds. The number of aliphatic hydroxyl groups excluding tert-OH is 1. The molecule has 7 nitrogen and oxygen atoms in total. The predicted molar refractivity (Wildman–Crippen MR) is 56.1 cm³/mol. The second-order valence-electron chi connectivity index (χ2n) is 2.82. The van der Waals surface area contributed by atoms with Gasteiger partial charge in [0.1, 0.15) is 4.92 Å². The normalized spacial score (nSPS) is 12.3. The highest BCUT2D eigenvalue weighted by Gasteiger charge is 2.18. The smallest absolute Gasteiger partial charge is 0.401 e. The number of hydrogen-bond acceptors (Lipinski definition) is 7. The van der Waals surface area contributed by atoms with Crippen LogP contribution >= 0.6 is 11.3 Å². The molecular weight excluding hydrogens is 234 g/mol. The molecule has 8 heteroatoms. The molecule has 1 unspecified atom stereocenters. The number of rotatable bonds is 4. The molecule has 1 atom stereocenters. The number of furan rings is 1. The van der Waals surface area contributed by atoms with E-state index in [0.29, 0.717) is 5.13 Å². The van der Waals surface area contributed by atoms with Gasteiger partial charge < -0.3 is 14.8 Å². The third-order valence-corrected chi connectivity index (χ3v) is 2.46. The van der Waals surface area contributed by atoms with Crippen LogP contribution in [-0.4, -0.2) is 15.0 Å². The van der Waals surface area contributed by atoms with E-state index in [2.05, 4.69) is 10.3 Å². The molecule has 0 aliphatic rings. The van der Waals surface area contributed by atoms with Crippen LogP contribution in [0.3, 0.4) is 0 Å². The van der Waals surface area contributed by atoms with Crippen LogP contribution in [0.1, 0.15) is 12.0 Å². The Kier molecular flexibility index (Phi) is 2.84. The van der Waals surface area contributed by atoms with Gasteiger partial charge in [0.15, 0.2) is 17.1 Å². The molecule has 2 N–H and O–H groups in total. The van der Waals surface area contributed by atoms with Crippen molar-refractivity contribution < 1.29 is 14.4 Å². The van der Waals surface area contributed by atoms with Crippen LogP contribution in [0.5, 0.6) is 0 Å². The Hall–Kier alpha value is -1.93. The highest BCUT2D eigenvalue weighted by molar-refractivity contribution is 7.13. The largest absolute Gasteiger partial charge is 0.433 e. The van der Waals surface area contributed by atoms with Crippen molar-refractivity contribution in [1.29, 1.82) is 0 Å². The van der Waals surface area contributed by atoms with Crippen molar-refractivity contribution in [3.05, 3.63) is 39.6 Å². The van der Waals surface area contributed by atoms with Crippen molar-refractivity contribution in [2.75, 3.05) is 5.32 Å². The minimum absolute atomic E-state index is 0.0712. The first-order valence-electron chi connectivity index (χ1n) is 4.25. The summed E-state index contributed by atoms with van der Waals surface area (Å²) in [7, 11) is 0. The monoisotopic (exact) mass is 241 g/mol. The fraction of sp³-hybridized carbons (Fsp3) is 0.125. The number of aromatic nitrogens is 1. The van der Waals surface area contributed by atoms with Gasteiger partial charge in [-0.25, -0.2) is 4.98 Å². The summed E-state index contributed by atoms with van der Waals surface area (Å²) in [6.45, 7) is 0. The maximum Gasteiger partial charge on any atom is 0.433 e. The van der Waals surface area contributed by atoms with E-state index < -0.39 is 17.0 Å². The zero-order valence-electron chi connectivity index (χ0n) is 7.86. The van der Waals surface area contributed by atoms with Gasteiger partial charge in [0.2, 0.25) is 0 Å². The molecule has 0 fully saturated rings. The lowest BCUT2D eigenvalue weighted by Gasteiger charge is -2.07. The van der Waals surface area contributed by atoms with Gasteiger partial charge in [-0.1, -0.05) is 0 Å². The van der Waals surface area contributed by atoms with E-state index in [9.17, 15) is 15.2 Å². The molecule has 0 bridgehead atoms. The van der Waals surface area contributed by atoms with E-state index >= 15 is 0 Å². The summed E-state index contributed by atoms with van der Waals surface area (Å²) in [6.07, 6.45) is 0.421. The highest BCUT2D eigenvalue weighted by Crippen LogP contribution is 2.23. The SMILES string of the molecule is O=[N+]([O-])c1ccc(C(O)Nc2nccs2)o1. The van der Waals surface area contributed by atoms with Crippen molar-refractivity contribution in [1.82, 2.24) is 4.98 Å². The number of nitrogens with one attached hydrogen (secondary N) is 1. The zero-order chi connectivity index (χ0) is 11.5. The summed E-state index contributed by atoms with van der Waals surface area (Å²) >= 11 is 1.30. The quantitative estimate of drug-likeness (QED) is 0.480. The first-order valence-corrected chi connectivity index (χ1v) is 5.13. The molecule has 2 rings (SSSR count). The zero-order valence-corrected chi connectivity index (χ0v) is 8.68. The van der Waals surface area contributed by atoms with Gasteiger partial charge in [-0.05, 0) is 6.07 Å². The standard InChI is InChI=1S/C8H7N3O4S/c12-7(10-8-9-3-4-16-8)5-1-2-6(15-5)11(13)14/h1-4,7,12H,(H,9,10). The number of thiazole rings is 1. The lowest BCUT2D eigenvalue weighted by molar-refractivity contribution is -0.402. The van der Waals surface area contributed by atoms with Crippen LogP contribution in [0.15, 0.2) is 28.1 Å². The Morgan fingerprint density at radius 1 is 1.62 bits per heavy atom. The van der Waals surface area contributed by atoms with Crippen LogP contribution in [0.2, 0.25) is 0 Å². The third-order valence-electron chi connectivity index (χ3n) is 1.75. The minimum Gasteiger partial charge on any atom is -0.401 e. The molecule has 84 valence electrons. The second-order valence-corrected chi connectivity index (χ2v) is 3.71. The van der Waals surface area contributed by atoms with Crippen LogP contribution < -0.4 is 5.32 Å². The lowest BCUT2D eigenvalue weighted by Crippen LogP contribution is -2.08. The molecule has 2 aromatic rings. The molecular formula is C8H7N3O4S. The maximum atomic E-state index is 10.4. The summed E-state index contributed by atoms with van der Waals surface area (Å²) < 4.78 is 4.82. The molecule has 0 radical (unpaired) electrons. The minimum atomic E-state index is -1.15. The Labute approximate surface area is 93.5 Å². The maximum absolute atomic E-state index is 10.4. The first kappa shape index (κ1) is 10.6. The van der Waals surface area contributed by atoms with E-state index in [4.69, 9.17) is 4.42 Å². The van der Waals surface area contributed by atoms with E-state index in [0.717, 1.165) is 0 Å². The Morgan fingerprint density at radius 2 is 2.44 bits per heavy atom. The molecule has 0 aliphatic heterocycles. The molecule has 2 aromatic heterocycles. The number of nitrogens with zero attached hydrogens (tertiary/aromatic N) is 2. The predicted octanol–water partition coefficient (Wildman–Crippen LogP) is 1.75. The van der Waals surface area contributed by atoms with E-state index in [1.165, 1.54) is 23.5 Å². The van der Waals surface area contributed by atoms with Crippen molar-refractivity contribution in [3.8, 4) is 0 Å². The fourth-order valence-electron chi connectivity index (χ4n) is 1.07. The fourth-order valence-corrected chi connectivity index (χ4v) is 1.62. The van der Waals surface area contributed by atoms with E-state index in [-0.39, 0.29) is 5.76 Å². The van der Waals surface area contributed by atoms with Crippen molar-refractivity contribution in [2.45, 2.75) is 6.23 Å². The van der Waals surface area contributed by atoms with Crippen LogP contribution in [0, 0.1) is 10.1 Å². The van der Waals surface area contributed by atoms with Gasteiger partial charge in [-0.2, -0.15) is 0 Å². The molecule has 2 heterocycles. The summed E-state index contributed by atoms with van der Waals surface area (Å²) in [6, 6.07) is 2.52. The van der Waals surface area contributed by atoms with Gasteiger partial charge in [-0.3, -0.25) is 10.1 Å². The summed E-state index contributed by atoms with van der Waals surface area (Å²) in [5, 5.41) is 24.9. The van der Waals surface area contributed by atoms with Crippen LogP contribution in [0.4, 0.5) is 11.0 Å². The number of anilines is 1. The highest BCUT2D eigenvalue weighted by atomic mass is 32.1. The lowest BCUT2D eigenvalue weighted by atomic mass is 10.4. The van der Waals surface area contributed by atoms with Crippen molar-refractivity contribution in [2.24, 2.45) is 0 Å². The Balaban J connectivity index is 2.08. The van der Waals surface area contributed by atoms with Gasteiger partial charge in [0, 0.05) is 11.6 Å². The van der Waals surface area contributed by atoms with Crippen molar-refractivity contribution >= 4 is 22.4 Å². The van der Waals surface area contributed by atoms with E-state index in [1.807, 2.05) is 0 Å². The van der Waals surface area contributed by atoms with E-state index in [1.54, 1.807) is 11.6 Å². The summed E-state index contributed by atoms with van der Waals surface area (Å²) in [4.78, 5) is 13.6. The molecule has 0 aromatic carbocycles. The Morgan fingerprint density at radius 3 is 3.00 bits per heavy atom. The van der Waals surface area contributed by atoms with Gasteiger partial charge >= 0.3 is 5.88 Å². The number of aliphatic hydroxyl groups is 1. The first-order chi connectivity index (χ1) is 7.66.